The summed E-state index contributed by atoms with van der Waals surface area (Å²) < 4.78 is 14.1. The van der Waals surface area contributed by atoms with E-state index in [9.17, 15) is 77.0 Å². The summed E-state index contributed by atoms with van der Waals surface area (Å²) in [4.78, 5) is 219. The first-order valence-electron chi connectivity index (χ1n) is 38.3. The second kappa shape index (κ2) is 42.6. The number of aliphatic hydroxyl groups excluding tert-OH is 1. The van der Waals surface area contributed by atoms with Gasteiger partial charge in [0.15, 0.2) is 29.1 Å². The van der Waals surface area contributed by atoms with Gasteiger partial charge in [-0.3, -0.25) is 71.9 Å². The molecule has 0 aliphatic carbocycles. The topological polar surface area (TPSA) is 600 Å². The van der Waals surface area contributed by atoms with E-state index >= 15 is 0 Å². The number of aryl methyl sites for hydroxylation is 10. The number of nitrogens with zero attached hydrogens (tertiary/aromatic N) is 16. The highest BCUT2D eigenvalue weighted by atomic mass is 35.5. The number of nitrogens with one attached hydrogen (secondary N) is 15. The van der Waals surface area contributed by atoms with Crippen LogP contribution >= 0.6 is 24.8 Å². The van der Waals surface area contributed by atoms with E-state index in [0.717, 1.165) is 13.0 Å². The highest BCUT2D eigenvalue weighted by molar-refractivity contribution is 6.10. The zero-order chi connectivity index (χ0) is 90.2. The van der Waals surface area contributed by atoms with Gasteiger partial charge in [0, 0.05) is 185 Å². The van der Waals surface area contributed by atoms with Crippen molar-refractivity contribution in [2.24, 2.45) is 76.2 Å². The molecule has 18 N–H and O–H groups in total. The zero-order valence-corrected chi connectivity index (χ0v) is 72.3. The SMILES string of the molecule is CC(=O)Nc1cn(C)c(C(=O)Nc2cn(C)c(C(=O)Nc3cn(C)c(C(=O)NCCC(=O)Nc4cn(C)c(C(=O)Nc5cn(C)c(C(=O)NCC[C@@H](N)C(=O)Nc6cc(C(=O)Nc7cc(C(=O)NC[C@@H](O)CC(=O)Nc8cc(C(=O)Nc9cc(C(=O)Nc%10cc(C(=O)NCCC(=O)NCCCN(C)C)n(C)c%10)n(C)c9)n(C)c8)n(C)c7)n(C)c6)n5)n4)n3)n2)n1.Cl.Cl. The largest absolute Gasteiger partial charge is 0.391 e. The van der Waals surface area contributed by atoms with Crippen molar-refractivity contribution in [3.05, 3.63) is 150 Å². The van der Waals surface area contributed by atoms with E-state index in [1.165, 1.54) is 167 Å². The predicted molar refractivity (Wildman–Crippen MR) is 463 cm³/mol. The first-order valence-corrected chi connectivity index (χ1v) is 38.3. The number of anilines is 10. The van der Waals surface area contributed by atoms with Gasteiger partial charge in [0.25, 0.3) is 59.1 Å². The Hall–Kier alpha value is -15.0. The smallest absolute Gasteiger partial charge is 0.292 e. The van der Waals surface area contributed by atoms with Crippen molar-refractivity contribution in [3.63, 3.8) is 0 Å². The summed E-state index contributed by atoms with van der Waals surface area (Å²) in [5, 5.41) is 50.4. The highest BCUT2D eigenvalue weighted by Crippen LogP contribution is 2.24. The molecule has 48 nitrogen and oxygen atoms in total. The van der Waals surface area contributed by atoms with E-state index in [-0.39, 0.29) is 192 Å². The number of hydrogen-bond donors (Lipinski definition) is 17. The molecule has 10 aromatic rings. The molecule has 0 saturated heterocycles. The van der Waals surface area contributed by atoms with Crippen molar-refractivity contribution in [1.82, 2.24) is 102 Å². The second-order valence-electron chi connectivity index (χ2n) is 29.2. The fraction of sp³-hybridized carbons (Fsp3) is 0.342. The molecule has 0 bridgehead atoms. The minimum Gasteiger partial charge on any atom is -0.391 e. The highest BCUT2D eigenvalue weighted by Gasteiger charge is 2.28. The van der Waals surface area contributed by atoms with Gasteiger partial charge in [0.2, 0.25) is 58.7 Å². The van der Waals surface area contributed by atoms with E-state index in [0.29, 0.717) is 12.2 Å². The fourth-order valence-corrected chi connectivity index (χ4v) is 12.5. The lowest BCUT2D eigenvalue weighted by atomic mass is 10.2. The van der Waals surface area contributed by atoms with Crippen molar-refractivity contribution in [3.8, 4) is 0 Å². The Morgan fingerprint density at radius 3 is 1.05 bits per heavy atom. The molecule has 10 aromatic heterocycles. The van der Waals surface area contributed by atoms with Crippen LogP contribution in [0.4, 0.5) is 57.5 Å². The maximum absolute atomic E-state index is 13.6. The molecule has 0 radical (unpaired) electrons. The Balaban J connectivity index is 0.00000983. The van der Waals surface area contributed by atoms with E-state index in [2.05, 4.69) is 105 Å². The van der Waals surface area contributed by atoms with E-state index in [1.54, 1.807) is 48.5 Å². The molecular weight excluding hydrogens is 1690 g/mol. The molecule has 0 saturated carbocycles. The van der Waals surface area contributed by atoms with Crippen LogP contribution in [0.25, 0.3) is 0 Å². The lowest BCUT2D eigenvalue weighted by Crippen LogP contribution is -2.39. The molecule has 2 atom stereocenters. The number of aromatic nitrogens is 15. The first kappa shape index (κ1) is 96.4. The summed E-state index contributed by atoms with van der Waals surface area (Å²) in [7, 11) is 19.4. The Morgan fingerprint density at radius 2 is 0.667 bits per heavy atom. The molecule has 10 rings (SSSR count). The Kier molecular flexibility index (Phi) is 32.6. The summed E-state index contributed by atoms with van der Waals surface area (Å²) in [5.41, 5.74) is 8.19. The standard InChI is InChI=1S/C76H96N32O16.2ClH/c1-40(109)83-53-35-106(11)63(90-53)74(122)97-57-39-108(13)65(94-57)76(124)96-56-38-105(10)62(93-56)73(121)81-21-17-59(112)89-54-36-107(12)64(91-54)75(123)95-55-37-104(9)61(92-55)72(120)80-19-15-47(77)66(114)85-42-26-51(102(7)31-42)70(118)87-44-25-49(100(5)33-44)68(116)82-29-46(110)28-60(113)84-41-23-50(101(6)30-41)69(117)88-45-27-52(103(8)34-45)71(119)86-43-24-48(99(4)32-43)67(115)79-20-16-58(111)78-18-14-22-98(2)3;;/h23-27,30-39,46-47,110H,14-22,28-29,77H2,1-13H3,(H,78,111)(H,79,115)(H,80,120)(H,81,121)(H,82,116)(H,83,109)(H,84,113)(H,85,114)(H,86,119)(H,87,118)(H,88,117)(H,89,112)(H,95,123)(H,96,124)(H,97,122);2*1H/t46-,47+;;/m0../s1. The molecule has 10 heterocycles. The number of amides is 15. The summed E-state index contributed by atoms with van der Waals surface area (Å²) in [6.07, 6.45) is 13.3. The van der Waals surface area contributed by atoms with Crippen molar-refractivity contribution >= 4 is 171 Å². The van der Waals surface area contributed by atoms with Crippen LogP contribution in [0.1, 0.15) is 145 Å². The van der Waals surface area contributed by atoms with Crippen LogP contribution in [0.2, 0.25) is 0 Å². The van der Waals surface area contributed by atoms with Crippen LogP contribution in [0.5, 0.6) is 0 Å². The fourth-order valence-electron chi connectivity index (χ4n) is 12.5. The molecule has 0 spiro atoms. The van der Waals surface area contributed by atoms with Crippen LogP contribution in [-0.2, 0) is 94.4 Å². The third kappa shape index (κ3) is 25.5. The molecule has 126 heavy (non-hydrogen) atoms. The number of hydrogen-bond acceptors (Lipinski definition) is 23. The Labute approximate surface area is 730 Å². The van der Waals surface area contributed by atoms with Gasteiger partial charge in [0.05, 0.1) is 47.0 Å². The third-order valence-electron chi connectivity index (χ3n) is 18.6. The molecule has 0 aliphatic heterocycles. The molecule has 672 valence electrons. The summed E-state index contributed by atoms with van der Waals surface area (Å²) in [6, 6.07) is 6.00. The number of carbonyl (C=O) groups excluding carboxylic acids is 15. The van der Waals surface area contributed by atoms with Crippen molar-refractivity contribution < 1.29 is 77.0 Å². The average Bonchev–Trinajstić information content (AvgIpc) is 1.68. The molecule has 0 aliphatic rings. The summed E-state index contributed by atoms with van der Waals surface area (Å²) >= 11 is 0. The number of carbonyl (C=O) groups is 15. The second-order valence-corrected chi connectivity index (χ2v) is 29.2. The molecule has 0 unspecified atom stereocenters. The number of halogens is 2. The third-order valence-corrected chi connectivity index (χ3v) is 18.6. The van der Waals surface area contributed by atoms with Gasteiger partial charge in [-0.15, -0.1) is 24.8 Å². The normalized spacial score (nSPS) is 11.4. The molecule has 0 fully saturated rings. The lowest BCUT2D eigenvalue weighted by Gasteiger charge is -2.12. The maximum Gasteiger partial charge on any atom is 0.292 e. The van der Waals surface area contributed by atoms with Gasteiger partial charge in [-0.05, 0) is 63.8 Å². The summed E-state index contributed by atoms with van der Waals surface area (Å²) in [5.74, 6) is -9.15. The number of aliphatic hydroxyl groups is 1. The molecule has 15 amide bonds. The monoisotopic (exact) mass is 1780 g/mol. The van der Waals surface area contributed by atoms with Gasteiger partial charge in [-0.2, -0.15) is 0 Å². The maximum atomic E-state index is 13.6. The van der Waals surface area contributed by atoms with Crippen molar-refractivity contribution in [1.29, 1.82) is 0 Å². The van der Waals surface area contributed by atoms with E-state index in [1.807, 2.05) is 19.0 Å². The minimum absolute atomic E-state index is 0. The van der Waals surface area contributed by atoms with Crippen LogP contribution in [0.3, 0.4) is 0 Å². The number of nitrogens with two attached hydrogens (primary N) is 1. The van der Waals surface area contributed by atoms with Crippen molar-refractivity contribution in [2.75, 3.05) is 107 Å². The molecular formula is C76H98Cl2N32O16. The van der Waals surface area contributed by atoms with Gasteiger partial charge in [-0.1, -0.05) is 0 Å². The van der Waals surface area contributed by atoms with Crippen LogP contribution in [0, 0.1) is 0 Å². The number of imidazole rings is 5. The van der Waals surface area contributed by atoms with Crippen LogP contribution in [0.15, 0.2) is 92.3 Å². The quantitative estimate of drug-likeness (QED) is 0.0234. The predicted octanol–water partition coefficient (Wildman–Crippen LogP) is 0.514. The minimum atomic E-state index is -1.36. The van der Waals surface area contributed by atoms with Crippen LogP contribution < -0.4 is 85.5 Å². The van der Waals surface area contributed by atoms with Gasteiger partial charge >= 0.3 is 0 Å². The van der Waals surface area contributed by atoms with Crippen molar-refractivity contribution in [2.45, 2.75) is 51.2 Å². The Morgan fingerprint density at radius 1 is 0.349 bits per heavy atom. The van der Waals surface area contributed by atoms with E-state index in [4.69, 9.17) is 5.73 Å². The summed E-state index contributed by atoms with van der Waals surface area (Å²) in [6.45, 7) is 2.16. The van der Waals surface area contributed by atoms with E-state index < -0.39 is 95.4 Å². The molecule has 50 heteroatoms. The molecule has 0 aromatic carbocycles. The van der Waals surface area contributed by atoms with Gasteiger partial charge < -0.3 is 141 Å². The van der Waals surface area contributed by atoms with Gasteiger partial charge in [0.1, 0.15) is 28.5 Å². The lowest BCUT2D eigenvalue weighted by molar-refractivity contribution is -0.121. The van der Waals surface area contributed by atoms with Gasteiger partial charge in [-0.25, -0.2) is 24.9 Å². The average molecular weight is 1790 g/mol. The number of rotatable bonds is 38. The first-order chi connectivity index (χ1) is 58.7. The van der Waals surface area contributed by atoms with Crippen LogP contribution in [-0.4, -0.2) is 235 Å². The zero-order valence-electron chi connectivity index (χ0n) is 70.7. The Bertz CT molecular complexity index is 5800.